The molecule has 0 radical (unpaired) electrons. The van der Waals surface area contributed by atoms with Crippen LogP contribution in [-0.4, -0.2) is 13.1 Å². The minimum absolute atomic E-state index is 0.00270. The van der Waals surface area contributed by atoms with E-state index in [2.05, 4.69) is 4.90 Å². The maximum absolute atomic E-state index is 14.4. The van der Waals surface area contributed by atoms with Crippen molar-refractivity contribution in [3.05, 3.63) is 70.6 Å². The molecule has 0 fully saturated rings. The van der Waals surface area contributed by atoms with Gasteiger partial charge < -0.3 is 15.4 Å². The molecule has 1 aliphatic rings. The van der Waals surface area contributed by atoms with Crippen LogP contribution < -0.4 is 15.4 Å². The van der Waals surface area contributed by atoms with E-state index in [1.807, 2.05) is 26.0 Å². The molecule has 0 saturated carbocycles. The molecular weight excluding hydrogens is 336 g/mol. The van der Waals surface area contributed by atoms with Crippen LogP contribution in [0.15, 0.2) is 47.9 Å². The van der Waals surface area contributed by atoms with Gasteiger partial charge >= 0.3 is 0 Å². The Labute approximate surface area is 151 Å². The molecule has 0 amide bonds. The lowest BCUT2D eigenvalue weighted by Crippen LogP contribution is -2.24. The molecular formula is C20H19F2N3O. The van der Waals surface area contributed by atoms with Crippen LogP contribution >= 0.6 is 0 Å². The first-order chi connectivity index (χ1) is 12.5. The van der Waals surface area contributed by atoms with E-state index >= 15 is 0 Å². The van der Waals surface area contributed by atoms with Crippen LogP contribution in [0.5, 0.6) is 5.75 Å². The molecule has 6 heteroatoms. The molecule has 2 aromatic rings. The summed E-state index contributed by atoms with van der Waals surface area (Å²) in [5.41, 5.74) is 7.12. The van der Waals surface area contributed by atoms with Crippen molar-refractivity contribution in [3.63, 3.8) is 0 Å². The third kappa shape index (κ3) is 2.86. The van der Waals surface area contributed by atoms with Crippen molar-refractivity contribution in [1.29, 1.82) is 5.26 Å². The fourth-order valence-corrected chi connectivity index (χ4v) is 3.31. The monoisotopic (exact) mass is 355 g/mol. The Morgan fingerprint density at radius 2 is 1.81 bits per heavy atom. The van der Waals surface area contributed by atoms with Gasteiger partial charge in [0.1, 0.15) is 29.0 Å². The number of fused-ring (bicyclic) bond motifs is 1. The van der Waals surface area contributed by atoms with Gasteiger partial charge in [-0.2, -0.15) is 5.26 Å². The second-order valence-electron chi connectivity index (χ2n) is 5.95. The summed E-state index contributed by atoms with van der Waals surface area (Å²) < 4.78 is 34.5. The van der Waals surface area contributed by atoms with Crippen LogP contribution in [0, 0.1) is 23.0 Å². The van der Waals surface area contributed by atoms with Gasteiger partial charge in [0.15, 0.2) is 0 Å². The summed E-state index contributed by atoms with van der Waals surface area (Å²) in [6, 6.07) is 11.0. The summed E-state index contributed by atoms with van der Waals surface area (Å²) in [6.07, 6.45) is 0. The Morgan fingerprint density at radius 1 is 1.15 bits per heavy atom. The Balaban J connectivity index is 2.21. The van der Waals surface area contributed by atoms with E-state index in [1.54, 1.807) is 12.1 Å². The molecule has 0 spiro atoms. The largest absolute Gasteiger partial charge is 0.440 e. The second-order valence-corrected chi connectivity index (χ2v) is 5.95. The van der Waals surface area contributed by atoms with Crippen molar-refractivity contribution < 1.29 is 13.5 Å². The van der Waals surface area contributed by atoms with Crippen LogP contribution in [-0.2, 0) is 0 Å². The Morgan fingerprint density at radius 3 is 2.38 bits per heavy atom. The van der Waals surface area contributed by atoms with Crippen molar-refractivity contribution in [3.8, 4) is 11.8 Å². The summed E-state index contributed by atoms with van der Waals surface area (Å²) in [7, 11) is 0. The smallest absolute Gasteiger partial charge is 0.205 e. The molecule has 0 saturated heterocycles. The van der Waals surface area contributed by atoms with Crippen LogP contribution in [0.1, 0.15) is 30.9 Å². The van der Waals surface area contributed by atoms with E-state index in [0.717, 1.165) is 18.8 Å². The highest BCUT2D eigenvalue weighted by atomic mass is 19.1. The zero-order chi connectivity index (χ0) is 18.8. The molecule has 1 atom stereocenters. The lowest BCUT2D eigenvalue weighted by Gasteiger charge is -2.29. The highest BCUT2D eigenvalue weighted by molar-refractivity contribution is 5.61. The molecule has 2 aromatic carbocycles. The highest BCUT2D eigenvalue weighted by Gasteiger charge is 2.34. The van der Waals surface area contributed by atoms with E-state index < -0.39 is 17.6 Å². The van der Waals surface area contributed by atoms with E-state index in [1.165, 1.54) is 18.2 Å². The zero-order valence-electron chi connectivity index (χ0n) is 14.6. The molecule has 26 heavy (non-hydrogen) atoms. The second kappa shape index (κ2) is 7.04. The van der Waals surface area contributed by atoms with Crippen LogP contribution in [0.4, 0.5) is 14.5 Å². The summed E-state index contributed by atoms with van der Waals surface area (Å²) in [4.78, 5) is 2.11. The first-order valence-corrected chi connectivity index (χ1v) is 8.42. The average molecular weight is 355 g/mol. The van der Waals surface area contributed by atoms with Crippen LogP contribution in [0.3, 0.4) is 0 Å². The fourth-order valence-electron chi connectivity index (χ4n) is 3.31. The fraction of sp³-hybridized carbons (Fsp3) is 0.250. The molecule has 134 valence electrons. The van der Waals surface area contributed by atoms with Crippen molar-refractivity contribution in [2.24, 2.45) is 5.73 Å². The number of hydrogen-bond acceptors (Lipinski definition) is 4. The lowest BCUT2D eigenvalue weighted by atomic mass is 9.83. The topological polar surface area (TPSA) is 62.3 Å². The zero-order valence-corrected chi connectivity index (χ0v) is 14.6. The van der Waals surface area contributed by atoms with E-state index in [4.69, 9.17) is 10.5 Å². The van der Waals surface area contributed by atoms with Gasteiger partial charge in [0.25, 0.3) is 0 Å². The number of rotatable bonds is 4. The van der Waals surface area contributed by atoms with Gasteiger partial charge in [0, 0.05) is 36.0 Å². The summed E-state index contributed by atoms with van der Waals surface area (Å²) in [5.74, 6) is -2.13. The minimum atomic E-state index is -0.948. The van der Waals surface area contributed by atoms with E-state index in [-0.39, 0.29) is 17.0 Å². The number of ether oxygens (including phenoxy) is 1. The minimum Gasteiger partial charge on any atom is -0.440 e. The van der Waals surface area contributed by atoms with Crippen molar-refractivity contribution in [2.75, 3.05) is 18.0 Å². The molecule has 1 heterocycles. The molecule has 4 nitrogen and oxygen atoms in total. The molecule has 0 aliphatic carbocycles. The van der Waals surface area contributed by atoms with E-state index in [0.29, 0.717) is 11.3 Å². The third-order valence-electron chi connectivity index (χ3n) is 4.62. The molecule has 3 rings (SSSR count). The van der Waals surface area contributed by atoms with Gasteiger partial charge in [-0.1, -0.05) is 12.1 Å². The summed E-state index contributed by atoms with van der Waals surface area (Å²) >= 11 is 0. The van der Waals surface area contributed by atoms with Crippen LogP contribution in [0.2, 0.25) is 0 Å². The van der Waals surface area contributed by atoms with Crippen LogP contribution in [0.25, 0.3) is 0 Å². The van der Waals surface area contributed by atoms with Gasteiger partial charge in [0.2, 0.25) is 5.88 Å². The quantitative estimate of drug-likeness (QED) is 0.899. The van der Waals surface area contributed by atoms with Crippen molar-refractivity contribution >= 4 is 5.69 Å². The first-order valence-electron chi connectivity index (χ1n) is 8.42. The maximum Gasteiger partial charge on any atom is 0.205 e. The third-order valence-corrected chi connectivity index (χ3v) is 4.62. The standard InChI is InChI=1S/C20H19F2N3O/c1-3-25(4-2)12-8-9-13-17(10-12)26-20(24)14(11-23)18(13)19-15(21)6-5-7-16(19)22/h5-10,18H,3-4,24H2,1-2H3/t18-/m1/s1. The number of benzene rings is 2. The summed E-state index contributed by atoms with van der Waals surface area (Å²) in [6.45, 7) is 5.66. The number of hydrogen-bond donors (Lipinski definition) is 1. The van der Waals surface area contributed by atoms with E-state index in [9.17, 15) is 14.0 Å². The van der Waals surface area contributed by atoms with Gasteiger partial charge in [-0.3, -0.25) is 0 Å². The van der Waals surface area contributed by atoms with Gasteiger partial charge in [-0.15, -0.1) is 0 Å². The van der Waals surface area contributed by atoms with Crippen molar-refractivity contribution in [2.45, 2.75) is 19.8 Å². The Bertz CT molecular complexity index is 894. The Kier molecular flexibility index (Phi) is 4.81. The molecule has 0 unspecified atom stereocenters. The first kappa shape index (κ1) is 17.7. The normalized spacial score (nSPS) is 15.9. The van der Waals surface area contributed by atoms with Gasteiger partial charge in [-0.25, -0.2) is 8.78 Å². The number of allylic oxidation sites excluding steroid dienone is 1. The Hall–Kier alpha value is -3.07. The summed E-state index contributed by atoms with van der Waals surface area (Å²) in [5, 5.41) is 9.50. The number of halogens is 2. The molecule has 2 N–H and O–H groups in total. The number of nitriles is 1. The molecule has 1 aliphatic heterocycles. The predicted octanol–water partition coefficient (Wildman–Crippen LogP) is 4.03. The highest BCUT2D eigenvalue weighted by Crippen LogP contribution is 2.44. The number of anilines is 1. The SMILES string of the molecule is CCN(CC)c1ccc2c(c1)OC(N)=C(C#N)[C@@H]2c1c(F)cccc1F. The maximum atomic E-state index is 14.4. The van der Waals surface area contributed by atoms with Gasteiger partial charge in [0.05, 0.1) is 5.92 Å². The number of nitrogens with zero attached hydrogens (tertiary/aromatic N) is 2. The molecule has 0 aromatic heterocycles. The average Bonchev–Trinajstić information content (AvgIpc) is 2.62. The van der Waals surface area contributed by atoms with Crippen molar-refractivity contribution in [1.82, 2.24) is 0 Å². The lowest BCUT2D eigenvalue weighted by molar-refractivity contribution is 0.391. The number of nitrogens with two attached hydrogens (primary N) is 1. The predicted molar refractivity (Wildman–Crippen MR) is 95.7 cm³/mol. The molecule has 0 bridgehead atoms. The van der Waals surface area contributed by atoms with Gasteiger partial charge in [-0.05, 0) is 32.0 Å².